The molecule has 0 heterocycles. The van der Waals surface area contributed by atoms with Crippen molar-refractivity contribution in [2.75, 3.05) is 13.2 Å². The van der Waals surface area contributed by atoms with Crippen molar-refractivity contribution in [3.8, 4) is 18.1 Å². The van der Waals surface area contributed by atoms with Gasteiger partial charge in [0.2, 0.25) is 0 Å². The Balaban J connectivity index is 2.37. The summed E-state index contributed by atoms with van der Waals surface area (Å²) in [5.41, 5.74) is 2.31. The Morgan fingerprint density at radius 2 is 1.95 bits per heavy atom. The molecule has 0 aliphatic heterocycles. The molecule has 0 aliphatic rings. The van der Waals surface area contributed by atoms with Gasteiger partial charge in [0.15, 0.2) is 0 Å². The molecule has 0 saturated carbocycles. The van der Waals surface area contributed by atoms with E-state index in [1.165, 1.54) is 0 Å². The molecule has 19 heavy (non-hydrogen) atoms. The molecule has 1 rings (SSSR count). The molecule has 3 heteroatoms. The molecule has 0 aliphatic carbocycles. The first-order chi connectivity index (χ1) is 9.05. The number of aliphatic hydroxyl groups is 1. The van der Waals surface area contributed by atoms with E-state index in [9.17, 15) is 5.11 Å². The second-order valence-corrected chi connectivity index (χ2v) is 4.82. The normalized spacial score (nSPS) is 13.6. The van der Waals surface area contributed by atoms with E-state index >= 15 is 0 Å². The predicted octanol–water partition coefficient (Wildman–Crippen LogP) is 2.04. The van der Waals surface area contributed by atoms with Crippen LogP contribution in [-0.2, 0) is 0 Å². The highest BCUT2D eigenvalue weighted by Gasteiger charge is 2.08. The summed E-state index contributed by atoms with van der Waals surface area (Å²) in [5, 5.41) is 12.9. The number of hydrogen-bond donors (Lipinski definition) is 2. The van der Waals surface area contributed by atoms with Gasteiger partial charge in [0.25, 0.3) is 0 Å². The predicted molar refractivity (Wildman–Crippen MR) is 78.3 cm³/mol. The number of benzene rings is 1. The summed E-state index contributed by atoms with van der Waals surface area (Å²) in [6.45, 7) is 6.76. The molecule has 3 nitrogen and oxygen atoms in total. The maximum Gasteiger partial charge on any atom is 0.119 e. The van der Waals surface area contributed by atoms with Crippen molar-refractivity contribution in [3.63, 3.8) is 0 Å². The first-order valence-electron chi connectivity index (χ1n) is 6.63. The van der Waals surface area contributed by atoms with Crippen LogP contribution in [0.15, 0.2) is 18.2 Å². The zero-order chi connectivity index (χ0) is 14.3. The van der Waals surface area contributed by atoms with Gasteiger partial charge in [-0.15, -0.1) is 6.42 Å². The van der Waals surface area contributed by atoms with Crippen LogP contribution >= 0.6 is 0 Å². The zero-order valence-corrected chi connectivity index (χ0v) is 11.9. The summed E-state index contributed by atoms with van der Waals surface area (Å²) in [4.78, 5) is 0. The third-order valence-electron chi connectivity index (χ3n) is 2.85. The van der Waals surface area contributed by atoms with Gasteiger partial charge in [-0.1, -0.05) is 18.9 Å². The van der Waals surface area contributed by atoms with Gasteiger partial charge in [0, 0.05) is 6.54 Å². The highest BCUT2D eigenvalue weighted by atomic mass is 16.5. The second kappa shape index (κ2) is 7.83. The molecule has 0 radical (unpaired) electrons. The lowest BCUT2D eigenvalue weighted by molar-refractivity contribution is 0.105. The van der Waals surface area contributed by atoms with Crippen LogP contribution in [0.3, 0.4) is 0 Å². The third kappa shape index (κ3) is 5.78. The summed E-state index contributed by atoms with van der Waals surface area (Å²) in [7, 11) is 0. The topological polar surface area (TPSA) is 41.5 Å². The lowest BCUT2D eigenvalue weighted by atomic mass is 10.1. The van der Waals surface area contributed by atoms with Crippen LogP contribution in [0, 0.1) is 26.2 Å². The highest BCUT2D eigenvalue weighted by Crippen LogP contribution is 2.16. The summed E-state index contributed by atoms with van der Waals surface area (Å²) in [6, 6.07) is 6.02. The van der Waals surface area contributed by atoms with Crippen molar-refractivity contribution in [1.82, 2.24) is 5.32 Å². The zero-order valence-electron chi connectivity index (χ0n) is 11.9. The van der Waals surface area contributed by atoms with E-state index in [1.807, 2.05) is 32.9 Å². The van der Waals surface area contributed by atoms with Gasteiger partial charge < -0.3 is 15.2 Å². The average Bonchev–Trinajstić information content (AvgIpc) is 2.36. The van der Waals surface area contributed by atoms with E-state index < -0.39 is 6.10 Å². The maximum atomic E-state index is 9.83. The molecule has 0 fully saturated rings. The lowest BCUT2D eigenvalue weighted by Crippen LogP contribution is -2.37. The maximum absolute atomic E-state index is 9.83. The van der Waals surface area contributed by atoms with E-state index in [1.54, 1.807) is 0 Å². The van der Waals surface area contributed by atoms with Gasteiger partial charge in [0.05, 0.1) is 6.04 Å². The van der Waals surface area contributed by atoms with E-state index in [0.29, 0.717) is 6.54 Å². The summed E-state index contributed by atoms with van der Waals surface area (Å²) >= 11 is 0. The van der Waals surface area contributed by atoms with Crippen LogP contribution in [0.5, 0.6) is 5.75 Å². The Labute approximate surface area is 116 Å². The molecule has 2 N–H and O–H groups in total. The first kappa shape index (κ1) is 15.6. The Morgan fingerprint density at radius 3 is 2.47 bits per heavy atom. The number of hydrogen-bond acceptors (Lipinski definition) is 3. The molecule has 0 amide bonds. The smallest absolute Gasteiger partial charge is 0.119 e. The first-order valence-corrected chi connectivity index (χ1v) is 6.63. The van der Waals surface area contributed by atoms with Crippen LogP contribution in [-0.4, -0.2) is 30.4 Å². The Hall–Kier alpha value is -1.50. The number of aryl methyl sites for hydroxylation is 2. The minimum atomic E-state index is -0.566. The van der Waals surface area contributed by atoms with Crippen molar-refractivity contribution in [2.24, 2.45) is 0 Å². The Kier molecular flexibility index (Phi) is 6.41. The number of terminal acetylenes is 1. The van der Waals surface area contributed by atoms with E-state index in [4.69, 9.17) is 11.2 Å². The van der Waals surface area contributed by atoms with E-state index in [-0.39, 0.29) is 12.6 Å². The van der Waals surface area contributed by atoms with Crippen LogP contribution in [0.25, 0.3) is 0 Å². The van der Waals surface area contributed by atoms with Gasteiger partial charge in [-0.3, -0.25) is 0 Å². The number of aliphatic hydroxyl groups excluding tert-OH is 1. The molecule has 1 aromatic rings. The van der Waals surface area contributed by atoms with E-state index in [2.05, 4.69) is 17.3 Å². The van der Waals surface area contributed by atoms with Crippen LogP contribution < -0.4 is 10.1 Å². The van der Waals surface area contributed by atoms with Crippen molar-refractivity contribution in [2.45, 2.75) is 39.3 Å². The molecule has 0 bridgehead atoms. The molecular weight excluding hydrogens is 238 g/mol. The molecule has 0 aromatic heterocycles. The second-order valence-electron chi connectivity index (χ2n) is 4.82. The fraction of sp³-hybridized carbons (Fsp3) is 0.500. The van der Waals surface area contributed by atoms with Gasteiger partial charge >= 0.3 is 0 Å². The van der Waals surface area contributed by atoms with E-state index in [0.717, 1.165) is 23.3 Å². The fourth-order valence-corrected chi connectivity index (χ4v) is 1.87. The molecule has 0 saturated heterocycles. The summed E-state index contributed by atoms with van der Waals surface area (Å²) < 4.78 is 5.59. The van der Waals surface area contributed by atoms with Crippen molar-refractivity contribution in [1.29, 1.82) is 0 Å². The Bertz CT molecular complexity index is 417. The minimum absolute atomic E-state index is 0.0101. The Morgan fingerprint density at radius 1 is 1.32 bits per heavy atom. The minimum Gasteiger partial charge on any atom is -0.491 e. The van der Waals surface area contributed by atoms with Gasteiger partial charge in [-0.05, 0) is 43.5 Å². The molecule has 0 spiro atoms. The molecular formula is C16H23NO2. The highest BCUT2D eigenvalue weighted by molar-refractivity contribution is 5.32. The van der Waals surface area contributed by atoms with Gasteiger partial charge in [-0.2, -0.15) is 0 Å². The van der Waals surface area contributed by atoms with Crippen LogP contribution in [0.4, 0.5) is 0 Å². The van der Waals surface area contributed by atoms with Crippen molar-refractivity contribution >= 4 is 0 Å². The van der Waals surface area contributed by atoms with Crippen LogP contribution in [0.2, 0.25) is 0 Å². The van der Waals surface area contributed by atoms with Gasteiger partial charge in [0.1, 0.15) is 18.5 Å². The fourth-order valence-electron chi connectivity index (χ4n) is 1.87. The molecule has 104 valence electrons. The largest absolute Gasteiger partial charge is 0.491 e. The summed E-state index contributed by atoms with van der Waals surface area (Å²) in [6.07, 6.45) is 5.62. The number of ether oxygens (including phenoxy) is 1. The quantitative estimate of drug-likeness (QED) is 0.738. The standard InChI is InChI=1S/C16H23NO2/c1-5-14(6-2)17-10-15(18)11-19-16-8-12(3)7-13(4)9-16/h1,7-9,14-15,17-18H,6,10-11H2,2-4H3. The number of rotatable bonds is 7. The van der Waals surface area contributed by atoms with Crippen molar-refractivity contribution in [3.05, 3.63) is 29.3 Å². The molecule has 1 aromatic carbocycles. The monoisotopic (exact) mass is 261 g/mol. The number of nitrogens with one attached hydrogen (secondary N) is 1. The average molecular weight is 261 g/mol. The molecule has 2 atom stereocenters. The summed E-state index contributed by atoms with van der Waals surface area (Å²) in [5.74, 6) is 3.42. The molecule has 2 unspecified atom stereocenters. The van der Waals surface area contributed by atoms with Gasteiger partial charge in [-0.25, -0.2) is 0 Å². The van der Waals surface area contributed by atoms with Crippen LogP contribution in [0.1, 0.15) is 24.5 Å². The van der Waals surface area contributed by atoms with Crippen molar-refractivity contribution < 1.29 is 9.84 Å². The lowest BCUT2D eigenvalue weighted by Gasteiger charge is -2.16. The SMILES string of the molecule is C#CC(CC)NCC(O)COc1cc(C)cc(C)c1. The third-order valence-corrected chi connectivity index (χ3v) is 2.85.